The SMILES string of the molecule is CC1=C(C(=O)OC(C)C)[C@@H](c2cccc([N+](=O)[O-])c2)C(C(=O)OC2CN(C(c3ccccc3)c3ccccc3)C2)C(N)=N1. The molecule has 43 heavy (non-hydrogen) atoms. The maximum Gasteiger partial charge on any atom is 0.336 e. The summed E-state index contributed by atoms with van der Waals surface area (Å²) in [6.07, 6.45) is -0.852. The Labute approximate surface area is 250 Å². The molecule has 2 heterocycles. The van der Waals surface area contributed by atoms with E-state index in [2.05, 4.69) is 34.2 Å². The van der Waals surface area contributed by atoms with E-state index in [1.54, 1.807) is 26.8 Å². The van der Waals surface area contributed by atoms with Crippen LogP contribution in [0.25, 0.3) is 0 Å². The van der Waals surface area contributed by atoms with Crippen LogP contribution in [0.4, 0.5) is 5.69 Å². The van der Waals surface area contributed by atoms with Gasteiger partial charge in [-0.2, -0.15) is 0 Å². The number of rotatable bonds is 9. The Morgan fingerprint density at radius 3 is 2.14 bits per heavy atom. The molecule has 0 radical (unpaired) electrons. The minimum atomic E-state index is -1.17. The normalized spacial score (nSPS) is 19.1. The van der Waals surface area contributed by atoms with Crippen molar-refractivity contribution in [3.63, 3.8) is 0 Å². The highest BCUT2D eigenvalue weighted by molar-refractivity contribution is 6.06. The van der Waals surface area contributed by atoms with Crippen molar-refractivity contribution in [2.24, 2.45) is 16.6 Å². The van der Waals surface area contributed by atoms with Gasteiger partial charge in [0.05, 0.1) is 28.3 Å². The number of nitro groups is 1. The van der Waals surface area contributed by atoms with Gasteiger partial charge in [-0.15, -0.1) is 0 Å². The molecule has 5 rings (SSSR count). The fourth-order valence-corrected chi connectivity index (χ4v) is 5.76. The number of nitrogens with two attached hydrogens (primary N) is 1. The van der Waals surface area contributed by atoms with E-state index in [0.717, 1.165) is 11.1 Å². The van der Waals surface area contributed by atoms with Crippen molar-refractivity contribution >= 4 is 23.5 Å². The number of nitrogens with zero attached hydrogens (tertiary/aromatic N) is 3. The van der Waals surface area contributed by atoms with Gasteiger partial charge in [0.1, 0.15) is 17.9 Å². The largest absolute Gasteiger partial charge is 0.460 e. The Hall–Kier alpha value is -4.83. The number of non-ortho nitro benzene ring substituents is 1. The summed E-state index contributed by atoms with van der Waals surface area (Å²) in [7, 11) is 0. The minimum Gasteiger partial charge on any atom is -0.460 e. The summed E-state index contributed by atoms with van der Waals surface area (Å²) in [5, 5.41) is 11.6. The van der Waals surface area contributed by atoms with E-state index in [1.165, 1.54) is 18.2 Å². The number of carbonyl (C=O) groups excluding carboxylic acids is 2. The highest BCUT2D eigenvalue weighted by Crippen LogP contribution is 2.41. The number of allylic oxidation sites excluding steroid dienone is 1. The molecule has 0 aromatic heterocycles. The summed E-state index contributed by atoms with van der Waals surface area (Å²) < 4.78 is 11.5. The van der Waals surface area contributed by atoms with Gasteiger partial charge in [0.15, 0.2) is 0 Å². The first-order valence-corrected chi connectivity index (χ1v) is 14.2. The van der Waals surface area contributed by atoms with Gasteiger partial charge in [-0.3, -0.25) is 19.8 Å². The topological polar surface area (TPSA) is 137 Å². The lowest BCUT2D eigenvalue weighted by molar-refractivity contribution is -0.384. The summed E-state index contributed by atoms with van der Waals surface area (Å²) in [6.45, 7) is 6.00. The molecule has 1 saturated heterocycles. The van der Waals surface area contributed by atoms with E-state index in [9.17, 15) is 19.7 Å². The van der Waals surface area contributed by atoms with Gasteiger partial charge in [0.2, 0.25) is 0 Å². The van der Waals surface area contributed by atoms with Crippen LogP contribution >= 0.6 is 0 Å². The van der Waals surface area contributed by atoms with Crippen LogP contribution in [-0.4, -0.2) is 52.9 Å². The first kappa shape index (κ1) is 29.7. The number of ether oxygens (including phenoxy) is 2. The highest BCUT2D eigenvalue weighted by Gasteiger charge is 2.46. The molecule has 1 fully saturated rings. The number of nitro benzene ring substituents is 1. The molecule has 2 aliphatic rings. The average Bonchev–Trinajstić information content (AvgIpc) is 2.96. The lowest BCUT2D eigenvalue weighted by atomic mass is 9.77. The zero-order chi connectivity index (χ0) is 30.7. The molecule has 222 valence electrons. The summed E-state index contributed by atoms with van der Waals surface area (Å²) >= 11 is 0. The third-order valence-electron chi connectivity index (χ3n) is 7.66. The van der Waals surface area contributed by atoms with Crippen LogP contribution in [0.2, 0.25) is 0 Å². The minimum absolute atomic E-state index is 0.0146. The van der Waals surface area contributed by atoms with E-state index >= 15 is 0 Å². The molecule has 2 atom stereocenters. The van der Waals surface area contributed by atoms with Gasteiger partial charge in [-0.1, -0.05) is 72.8 Å². The van der Waals surface area contributed by atoms with Crippen LogP contribution in [-0.2, 0) is 19.1 Å². The number of hydrogen-bond acceptors (Lipinski definition) is 9. The van der Waals surface area contributed by atoms with Crippen LogP contribution < -0.4 is 5.73 Å². The lowest BCUT2D eigenvalue weighted by Gasteiger charge is -2.44. The van der Waals surface area contributed by atoms with Crippen LogP contribution in [0.15, 0.2) is 101 Å². The number of esters is 2. The Morgan fingerprint density at radius 2 is 1.58 bits per heavy atom. The molecule has 0 aliphatic carbocycles. The summed E-state index contributed by atoms with van der Waals surface area (Å²) in [4.78, 5) is 44.7. The molecule has 2 N–H and O–H groups in total. The molecule has 2 aliphatic heterocycles. The Balaban J connectivity index is 1.41. The Kier molecular flexibility index (Phi) is 8.68. The number of carbonyl (C=O) groups is 2. The molecule has 10 nitrogen and oxygen atoms in total. The Morgan fingerprint density at radius 1 is 0.977 bits per heavy atom. The fraction of sp³-hybridized carbons (Fsp3) is 0.303. The van der Waals surface area contributed by atoms with Crippen molar-refractivity contribution < 1.29 is 24.0 Å². The number of benzene rings is 3. The van der Waals surface area contributed by atoms with Crippen molar-refractivity contribution in [3.8, 4) is 0 Å². The van der Waals surface area contributed by atoms with E-state index in [0.29, 0.717) is 18.7 Å². The highest BCUT2D eigenvalue weighted by atomic mass is 16.6. The van der Waals surface area contributed by atoms with Gasteiger partial charge >= 0.3 is 11.9 Å². The lowest BCUT2D eigenvalue weighted by Crippen LogP contribution is -2.55. The molecule has 0 bridgehead atoms. The third-order valence-corrected chi connectivity index (χ3v) is 7.66. The van der Waals surface area contributed by atoms with Crippen LogP contribution in [0.5, 0.6) is 0 Å². The standard InChI is InChI=1S/C33H34N4O6/c1-20(2)42-32(38)27-21(3)35-31(34)29(28(27)24-15-10-16-25(17-24)37(40)41)33(39)43-26-18-36(19-26)30(22-11-6-4-7-12-22)23-13-8-5-9-14-23/h4-17,20,26,28-30H,18-19H2,1-3H3,(H2,34,35)/t28-,29?/m1/s1. The summed E-state index contributed by atoms with van der Waals surface area (Å²) in [5.41, 5.74) is 9.19. The summed E-state index contributed by atoms with van der Waals surface area (Å²) in [5.74, 6) is -3.49. The van der Waals surface area contributed by atoms with Crippen molar-refractivity contribution in [2.45, 2.75) is 44.9 Å². The molecule has 3 aromatic rings. The second kappa shape index (κ2) is 12.6. The molecule has 3 aromatic carbocycles. The monoisotopic (exact) mass is 582 g/mol. The fourth-order valence-electron chi connectivity index (χ4n) is 5.76. The zero-order valence-electron chi connectivity index (χ0n) is 24.3. The van der Waals surface area contributed by atoms with Crippen LogP contribution in [0.3, 0.4) is 0 Å². The first-order valence-electron chi connectivity index (χ1n) is 14.2. The van der Waals surface area contributed by atoms with E-state index in [4.69, 9.17) is 15.2 Å². The average molecular weight is 583 g/mol. The zero-order valence-corrected chi connectivity index (χ0v) is 24.3. The second-order valence-corrected chi connectivity index (χ2v) is 11.0. The maximum atomic E-state index is 13.8. The van der Waals surface area contributed by atoms with Gasteiger partial charge in [0.25, 0.3) is 5.69 Å². The molecule has 0 amide bonds. The van der Waals surface area contributed by atoms with Gasteiger partial charge in [-0.25, -0.2) is 9.79 Å². The molecule has 0 saturated carbocycles. The summed E-state index contributed by atoms with van der Waals surface area (Å²) in [6, 6.07) is 26.1. The van der Waals surface area contributed by atoms with Crippen molar-refractivity contribution in [2.75, 3.05) is 13.1 Å². The maximum absolute atomic E-state index is 13.8. The Bertz CT molecular complexity index is 1520. The quantitative estimate of drug-likeness (QED) is 0.214. The van der Waals surface area contributed by atoms with E-state index in [1.807, 2.05) is 36.4 Å². The van der Waals surface area contributed by atoms with Gasteiger partial charge in [0, 0.05) is 31.1 Å². The van der Waals surface area contributed by atoms with Gasteiger partial charge in [-0.05, 0) is 37.5 Å². The van der Waals surface area contributed by atoms with E-state index in [-0.39, 0.29) is 28.8 Å². The first-order chi connectivity index (χ1) is 20.6. The predicted octanol–water partition coefficient (Wildman–Crippen LogP) is 4.91. The molecule has 0 spiro atoms. The van der Waals surface area contributed by atoms with Crippen molar-refractivity contribution in [1.29, 1.82) is 0 Å². The van der Waals surface area contributed by atoms with Crippen LogP contribution in [0.1, 0.15) is 49.4 Å². The van der Waals surface area contributed by atoms with Crippen LogP contribution in [0, 0.1) is 16.0 Å². The van der Waals surface area contributed by atoms with Crippen molar-refractivity contribution in [1.82, 2.24) is 4.90 Å². The molecule has 10 heteroatoms. The smallest absolute Gasteiger partial charge is 0.336 e. The third kappa shape index (κ3) is 6.34. The number of likely N-dealkylation sites (tertiary alicyclic amines) is 1. The number of aliphatic imine (C=N–C) groups is 1. The molecular weight excluding hydrogens is 548 g/mol. The number of amidine groups is 1. The van der Waals surface area contributed by atoms with E-state index < -0.39 is 40.9 Å². The predicted molar refractivity (Wildman–Crippen MR) is 161 cm³/mol. The van der Waals surface area contributed by atoms with Gasteiger partial charge < -0.3 is 15.2 Å². The van der Waals surface area contributed by atoms with Crippen molar-refractivity contribution in [3.05, 3.63) is 123 Å². The molecular formula is C33H34N4O6. The molecule has 1 unspecified atom stereocenters. The second-order valence-electron chi connectivity index (χ2n) is 11.0. The number of hydrogen-bond donors (Lipinski definition) is 1.